The third-order valence-corrected chi connectivity index (χ3v) is 3.47. The molecule has 0 saturated carbocycles. The fourth-order valence-electron chi connectivity index (χ4n) is 2.37. The average molecular weight is 273 g/mol. The number of hydrogen-bond acceptors (Lipinski definition) is 2. The maximum atomic E-state index is 14.1. The molecular formula is C17H20FNO. The zero-order chi connectivity index (χ0) is 14.4. The van der Waals surface area contributed by atoms with Crippen LogP contribution in [0.3, 0.4) is 0 Å². The summed E-state index contributed by atoms with van der Waals surface area (Å²) in [5.41, 5.74) is 7.73. The highest BCUT2D eigenvalue weighted by atomic mass is 19.1. The lowest BCUT2D eigenvalue weighted by atomic mass is 9.92. The smallest absolute Gasteiger partial charge is 0.168 e. The van der Waals surface area contributed by atoms with Crippen LogP contribution in [0.2, 0.25) is 0 Å². The molecule has 0 bridgehead atoms. The Kier molecular flexibility index (Phi) is 5.13. The highest BCUT2D eigenvalue weighted by molar-refractivity contribution is 5.31. The lowest BCUT2D eigenvalue weighted by Crippen LogP contribution is -2.20. The molecule has 0 spiro atoms. The highest BCUT2D eigenvalue weighted by Crippen LogP contribution is 2.23. The number of nitrogens with two attached hydrogens (primary N) is 1. The second kappa shape index (κ2) is 7.06. The van der Waals surface area contributed by atoms with Crippen molar-refractivity contribution in [3.8, 4) is 5.75 Å². The summed E-state index contributed by atoms with van der Waals surface area (Å²) >= 11 is 0. The summed E-state index contributed by atoms with van der Waals surface area (Å²) in [6, 6.07) is 15.4. The van der Waals surface area contributed by atoms with E-state index in [0.29, 0.717) is 18.5 Å². The molecule has 2 aromatic rings. The van der Waals surface area contributed by atoms with Gasteiger partial charge in [0.1, 0.15) is 0 Å². The third-order valence-electron chi connectivity index (χ3n) is 3.47. The first-order chi connectivity index (χ1) is 9.74. The number of ether oxygens (including phenoxy) is 1. The van der Waals surface area contributed by atoms with Crippen LogP contribution in [0.4, 0.5) is 4.39 Å². The monoisotopic (exact) mass is 273 g/mol. The lowest BCUT2D eigenvalue weighted by Gasteiger charge is -2.16. The molecule has 0 aliphatic carbocycles. The van der Waals surface area contributed by atoms with E-state index in [4.69, 9.17) is 10.5 Å². The van der Waals surface area contributed by atoms with E-state index in [2.05, 4.69) is 12.1 Å². The molecule has 0 aromatic heterocycles. The number of benzene rings is 2. The minimum atomic E-state index is -0.276. The van der Waals surface area contributed by atoms with E-state index in [1.165, 1.54) is 12.7 Å². The van der Waals surface area contributed by atoms with Gasteiger partial charge in [-0.2, -0.15) is 0 Å². The topological polar surface area (TPSA) is 35.2 Å². The molecule has 20 heavy (non-hydrogen) atoms. The quantitative estimate of drug-likeness (QED) is 0.877. The van der Waals surface area contributed by atoms with E-state index >= 15 is 0 Å². The van der Waals surface area contributed by atoms with Gasteiger partial charge in [-0.25, -0.2) is 4.39 Å². The van der Waals surface area contributed by atoms with E-state index in [0.717, 1.165) is 6.42 Å². The minimum absolute atomic E-state index is 0.221. The van der Waals surface area contributed by atoms with E-state index in [9.17, 15) is 4.39 Å². The molecular weight excluding hydrogens is 253 g/mol. The predicted molar refractivity (Wildman–Crippen MR) is 79.3 cm³/mol. The van der Waals surface area contributed by atoms with Crippen LogP contribution in [0.25, 0.3) is 0 Å². The van der Waals surface area contributed by atoms with Crippen LogP contribution in [-0.2, 0) is 12.8 Å². The normalized spacial score (nSPS) is 12.2. The van der Waals surface area contributed by atoms with Gasteiger partial charge in [0.2, 0.25) is 0 Å². The number of methoxy groups -OCH3 is 1. The zero-order valence-electron chi connectivity index (χ0n) is 11.7. The molecule has 2 rings (SSSR count). The number of rotatable bonds is 6. The van der Waals surface area contributed by atoms with Crippen LogP contribution in [-0.4, -0.2) is 13.7 Å². The molecule has 0 amide bonds. The Morgan fingerprint density at radius 3 is 2.45 bits per heavy atom. The van der Waals surface area contributed by atoms with Crippen molar-refractivity contribution in [2.75, 3.05) is 13.7 Å². The molecule has 2 aromatic carbocycles. The minimum Gasteiger partial charge on any atom is -0.494 e. The first-order valence-electron chi connectivity index (χ1n) is 6.80. The fraction of sp³-hybridized carbons (Fsp3) is 0.294. The molecule has 1 atom stereocenters. The van der Waals surface area contributed by atoms with Crippen LogP contribution in [0.1, 0.15) is 11.1 Å². The Morgan fingerprint density at radius 2 is 1.80 bits per heavy atom. The van der Waals surface area contributed by atoms with E-state index in [-0.39, 0.29) is 17.5 Å². The van der Waals surface area contributed by atoms with Crippen molar-refractivity contribution in [3.63, 3.8) is 0 Å². The standard InChI is InChI=1S/C17H20FNO/c1-20-16-9-5-8-15(17(16)18)11-14(12-19)10-13-6-3-2-4-7-13/h2-9,14H,10-12,19H2,1H3. The molecule has 0 fully saturated rings. The Bertz CT molecular complexity index is 542. The predicted octanol–water partition coefficient (Wildman–Crippen LogP) is 3.19. The van der Waals surface area contributed by atoms with E-state index in [1.54, 1.807) is 12.1 Å². The van der Waals surface area contributed by atoms with Gasteiger partial charge in [-0.1, -0.05) is 42.5 Å². The summed E-state index contributed by atoms with van der Waals surface area (Å²) in [5, 5.41) is 0. The summed E-state index contributed by atoms with van der Waals surface area (Å²) in [7, 11) is 1.48. The van der Waals surface area contributed by atoms with Crippen LogP contribution < -0.4 is 10.5 Å². The Balaban J connectivity index is 2.10. The Labute approximate surface area is 119 Å². The molecule has 0 aliphatic rings. The first-order valence-corrected chi connectivity index (χ1v) is 6.80. The summed E-state index contributed by atoms with van der Waals surface area (Å²) in [4.78, 5) is 0. The molecule has 0 radical (unpaired) electrons. The van der Waals surface area contributed by atoms with Gasteiger partial charge in [-0.15, -0.1) is 0 Å². The average Bonchev–Trinajstić information content (AvgIpc) is 2.49. The third kappa shape index (κ3) is 3.58. The molecule has 106 valence electrons. The summed E-state index contributed by atoms with van der Waals surface area (Å²) in [6.45, 7) is 0.533. The molecule has 3 heteroatoms. The second-order valence-corrected chi connectivity index (χ2v) is 4.93. The SMILES string of the molecule is COc1cccc(CC(CN)Cc2ccccc2)c1F. The molecule has 0 saturated heterocycles. The molecule has 1 unspecified atom stereocenters. The van der Waals surface area contributed by atoms with Gasteiger partial charge >= 0.3 is 0 Å². The van der Waals surface area contributed by atoms with Crippen molar-refractivity contribution in [1.29, 1.82) is 0 Å². The lowest BCUT2D eigenvalue weighted by molar-refractivity contribution is 0.382. The van der Waals surface area contributed by atoms with Gasteiger partial charge in [-0.05, 0) is 42.5 Å². The highest BCUT2D eigenvalue weighted by Gasteiger charge is 2.14. The van der Waals surface area contributed by atoms with Crippen molar-refractivity contribution in [2.24, 2.45) is 11.7 Å². The van der Waals surface area contributed by atoms with Crippen molar-refractivity contribution in [3.05, 3.63) is 65.5 Å². The Morgan fingerprint density at radius 1 is 1.05 bits per heavy atom. The van der Waals surface area contributed by atoms with Crippen LogP contribution >= 0.6 is 0 Å². The van der Waals surface area contributed by atoms with Crippen molar-refractivity contribution in [2.45, 2.75) is 12.8 Å². The second-order valence-electron chi connectivity index (χ2n) is 4.93. The number of hydrogen-bond donors (Lipinski definition) is 1. The van der Waals surface area contributed by atoms with Crippen LogP contribution in [0.15, 0.2) is 48.5 Å². The van der Waals surface area contributed by atoms with Gasteiger partial charge < -0.3 is 10.5 Å². The van der Waals surface area contributed by atoms with Gasteiger partial charge in [-0.3, -0.25) is 0 Å². The Hall–Kier alpha value is -1.87. The van der Waals surface area contributed by atoms with Crippen LogP contribution in [0.5, 0.6) is 5.75 Å². The van der Waals surface area contributed by atoms with Crippen molar-refractivity contribution >= 4 is 0 Å². The molecule has 2 nitrogen and oxygen atoms in total. The van der Waals surface area contributed by atoms with Gasteiger partial charge in [0.05, 0.1) is 7.11 Å². The van der Waals surface area contributed by atoms with Gasteiger partial charge in [0.15, 0.2) is 11.6 Å². The summed E-state index contributed by atoms with van der Waals surface area (Å²) < 4.78 is 19.2. The van der Waals surface area contributed by atoms with Gasteiger partial charge in [0, 0.05) is 0 Å². The zero-order valence-corrected chi connectivity index (χ0v) is 11.7. The fourth-order valence-corrected chi connectivity index (χ4v) is 2.37. The summed E-state index contributed by atoms with van der Waals surface area (Å²) in [5.74, 6) is 0.235. The van der Waals surface area contributed by atoms with E-state index < -0.39 is 0 Å². The summed E-state index contributed by atoms with van der Waals surface area (Å²) in [6.07, 6.45) is 1.47. The van der Waals surface area contributed by atoms with Crippen molar-refractivity contribution in [1.82, 2.24) is 0 Å². The maximum Gasteiger partial charge on any atom is 0.168 e. The molecule has 0 aliphatic heterocycles. The van der Waals surface area contributed by atoms with E-state index in [1.807, 2.05) is 24.3 Å². The molecule has 0 heterocycles. The van der Waals surface area contributed by atoms with Gasteiger partial charge in [0.25, 0.3) is 0 Å². The van der Waals surface area contributed by atoms with Crippen molar-refractivity contribution < 1.29 is 9.13 Å². The first kappa shape index (κ1) is 14.5. The number of halogens is 1. The largest absolute Gasteiger partial charge is 0.494 e. The van der Waals surface area contributed by atoms with Crippen LogP contribution in [0, 0.1) is 11.7 Å². The maximum absolute atomic E-state index is 14.1. The molecule has 2 N–H and O–H groups in total.